The number of nitrogens with one attached hydrogen (secondary N) is 2. The van der Waals surface area contributed by atoms with Crippen LogP contribution in [-0.4, -0.2) is 21.4 Å². The van der Waals surface area contributed by atoms with Gasteiger partial charge in [0, 0.05) is 5.69 Å². The number of para-hydroxylation sites is 2. The van der Waals surface area contributed by atoms with Crippen molar-refractivity contribution in [1.29, 1.82) is 0 Å². The Bertz CT molecular complexity index is 1250. The van der Waals surface area contributed by atoms with Gasteiger partial charge >= 0.3 is 0 Å². The van der Waals surface area contributed by atoms with E-state index in [9.17, 15) is 14.4 Å². The monoisotopic (exact) mass is 358 g/mol. The molecule has 0 radical (unpaired) electrons. The molecule has 0 unspecified atom stereocenters. The zero-order chi connectivity index (χ0) is 18.3. The molecule has 2 amide bonds. The van der Waals surface area contributed by atoms with E-state index in [4.69, 9.17) is 0 Å². The van der Waals surface area contributed by atoms with Gasteiger partial charge in [-0.05, 0) is 30.2 Å². The maximum absolute atomic E-state index is 13.1. The number of rotatable bonds is 0. The highest BCUT2D eigenvalue weighted by Crippen LogP contribution is 2.55. The Kier molecular flexibility index (Phi) is 2.51. The van der Waals surface area contributed by atoms with Gasteiger partial charge in [0.15, 0.2) is 0 Å². The Morgan fingerprint density at radius 2 is 1.81 bits per heavy atom. The topological polar surface area (TPSA) is 93.1 Å². The lowest BCUT2D eigenvalue weighted by Crippen LogP contribution is -2.63. The number of fused-ring (bicyclic) bond motifs is 3. The summed E-state index contributed by atoms with van der Waals surface area (Å²) in [5.74, 6) is 0.0447. The summed E-state index contributed by atoms with van der Waals surface area (Å²) in [5.41, 5.74) is 0.980. The molecule has 4 aliphatic rings. The van der Waals surface area contributed by atoms with Crippen molar-refractivity contribution >= 4 is 28.4 Å². The fourth-order valence-electron chi connectivity index (χ4n) is 4.87. The molecule has 7 nitrogen and oxygen atoms in total. The molecule has 132 valence electrons. The first-order chi connectivity index (χ1) is 13.1. The maximum atomic E-state index is 13.1. The van der Waals surface area contributed by atoms with Crippen LogP contribution < -0.4 is 16.2 Å². The van der Waals surface area contributed by atoms with Gasteiger partial charge in [-0.3, -0.25) is 19.0 Å². The van der Waals surface area contributed by atoms with Crippen LogP contribution in [0, 0.1) is 0 Å². The number of hydrogen-bond acceptors (Lipinski definition) is 4. The zero-order valence-corrected chi connectivity index (χ0v) is 14.1. The molecule has 0 saturated carbocycles. The third kappa shape index (κ3) is 1.58. The standard InChI is InChI=1S/C20H14N4O3/c25-17-14-9-20(11-6-2-4-8-13(11)22-19(20)27)15(23-17)16-21-12-7-3-1-5-10(12)18(26)24(14)16/h1-8,14-15H,9H2,(H,22,27)(H,23,25)/t14-,15-,20-/m1/s1. The van der Waals surface area contributed by atoms with Crippen LogP contribution in [0.5, 0.6) is 0 Å². The molecule has 0 aliphatic carbocycles. The zero-order valence-electron chi connectivity index (χ0n) is 14.1. The van der Waals surface area contributed by atoms with E-state index in [0.717, 1.165) is 11.3 Å². The summed E-state index contributed by atoms with van der Waals surface area (Å²) in [6, 6.07) is 13.1. The van der Waals surface area contributed by atoms with Crippen LogP contribution in [0.25, 0.3) is 10.9 Å². The number of anilines is 1. The highest BCUT2D eigenvalue weighted by Gasteiger charge is 2.62. The number of amides is 2. The van der Waals surface area contributed by atoms with E-state index in [-0.39, 0.29) is 23.8 Å². The minimum Gasteiger partial charge on any atom is -0.343 e. The largest absolute Gasteiger partial charge is 0.343 e. The van der Waals surface area contributed by atoms with Gasteiger partial charge in [-0.1, -0.05) is 30.3 Å². The van der Waals surface area contributed by atoms with E-state index in [1.165, 1.54) is 4.57 Å². The Morgan fingerprint density at radius 1 is 1.04 bits per heavy atom. The van der Waals surface area contributed by atoms with Crippen LogP contribution >= 0.6 is 0 Å². The average Bonchev–Trinajstić information content (AvgIpc) is 2.95. The van der Waals surface area contributed by atoms with Gasteiger partial charge in [-0.2, -0.15) is 0 Å². The molecular weight excluding hydrogens is 344 g/mol. The minimum absolute atomic E-state index is 0.160. The molecule has 1 saturated heterocycles. The smallest absolute Gasteiger partial charge is 0.262 e. The SMILES string of the molecule is O=C1N[C@@H]2c3nc4ccccc4c(=O)n3[C@@H]1C[C@]21C(=O)Nc2ccccc21. The van der Waals surface area contributed by atoms with Gasteiger partial charge in [-0.15, -0.1) is 0 Å². The summed E-state index contributed by atoms with van der Waals surface area (Å²) in [5, 5.41) is 6.36. The molecule has 4 aliphatic heterocycles. The Morgan fingerprint density at radius 3 is 2.70 bits per heavy atom. The first-order valence-corrected chi connectivity index (χ1v) is 8.84. The number of hydrogen-bond donors (Lipinski definition) is 2. The minimum atomic E-state index is -0.947. The second-order valence-corrected chi connectivity index (χ2v) is 7.29. The van der Waals surface area contributed by atoms with Crippen molar-refractivity contribution in [2.75, 3.05) is 5.32 Å². The Balaban J connectivity index is 1.69. The maximum Gasteiger partial charge on any atom is 0.262 e. The third-order valence-electron chi connectivity index (χ3n) is 6.06. The highest BCUT2D eigenvalue weighted by molar-refractivity contribution is 6.08. The summed E-state index contributed by atoms with van der Waals surface area (Å²) in [6.07, 6.45) is 0.249. The van der Waals surface area contributed by atoms with Crippen molar-refractivity contribution in [3.05, 3.63) is 70.3 Å². The van der Waals surface area contributed by atoms with Crippen LogP contribution in [0.15, 0.2) is 53.3 Å². The van der Waals surface area contributed by atoms with Crippen molar-refractivity contribution in [2.24, 2.45) is 0 Å². The first kappa shape index (κ1) is 14.7. The second kappa shape index (κ2) is 4.62. The van der Waals surface area contributed by atoms with Gasteiger partial charge in [0.05, 0.1) is 10.9 Å². The number of carbonyl (C=O) groups excluding carboxylic acids is 2. The van der Waals surface area contributed by atoms with Crippen LogP contribution in [0.3, 0.4) is 0 Å². The molecular formula is C20H14N4O3. The molecule has 2 bridgehead atoms. The number of carbonyl (C=O) groups is 2. The number of aromatic nitrogens is 2. The molecule has 1 spiro atoms. The Labute approximate surface area is 153 Å². The van der Waals surface area contributed by atoms with Crippen molar-refractivity contribution < 1.29 is 9.59 Å². The number of piperidine rings is 1. The van der Waals surface area contributed by atoms with Crippen molar-refractivity contribution in [1.82, 2.24) is 14.9 Å². The first-order valence-electron chi connectivity index (χ1n) is 8.84. The number of nitrogens with zero attached hydrogens (tertiary/aromatic N) is 2. The fraction of sp³-hybridized carbons (Fsp3) is 0.200. The van der Waals surface area contributed by atoms with Gasteiger partial charge < -0.3 is 10.6 Å². The lowest BCUT2D eigenvalue weighted by atomic mass is 9.65. The van der Waals surface area contributed by atoms with E-state index in [1.807, 2.05) is 30.3 Å². The highest BCUT2D eigenvalue weighted by atomic mass is 16.2. The fourth-order valence-corrected chi connectivity index (χ4v) is 4.87. The van der Waals surface area contributed by atoms with Crippen LogP contribution in [0.2, 0.25) is 0 Å². The van der Waals surface area contributed by atoms with Crippen molar-refractivity contribution in [3.63, 3.8) is 0 Å². The lowest BCUT2D eigenvalue weighted by molar-refractivity contribution is -0.136. The van der Waals surface area contributed by atoms with Crippen LogP contribution in [-0.2, 0) is 15.0 Å². The second-order valence-electron chi connectivity index (χ2n) is 7.29. The van der Waals surface area contributed by atoms with Gasteiger partial charge in [0.25, 0.3) is 5.56 Å². The molecule has 5 heterocycles. The van der Waals surface area contributed by atoms with Crippen molar-refractivity contribution in [2.45, 2.75) is 23.9 Å². The Hall–Kier alpha value is -3.48. The average molecular weight is 358 g/mol. The van der Waals surface area contributed by atoms with E-state index in [0.29, 0.717) is 16.7 Å². The van der Waals surface area contributed by atoms with Gasteiger partial charge in [0.1, 0.15) is 23.3 Å². The van der Waals surface area contributed by atoms with E-state index >= 15 is 0 Å². The van der Waals surface area contributed by atoms with Gasteiger partial charge in [-0.25, -0.2) is 4.98 Å². The summed E-state index contributed by atoms with van der Waals surface area (Å²) < 4.78 is 1.48. The van der Waals surface area contributed by atoms with Crippen molar-refractivity contribution in [3.8, 4) is 0 Å². The molecule has 27 heavy (non-hydrogen) atoms. The lowest BCUT2D eigenvalue weighted by Gasteiger charge is -2.48. The normalized spacial score (nSPS) is 27.4. The molecule has 1 fully saturated rings. The summed E-state index contributed by atoms with van der Waals surface area (Å²) >= 11 is 0. The molecule has 3 aromatic rings. The third-order valence-corrected chi connectivity index (χ3v) is 6.06. The predicted molar refractivity (Wildman–Crippen MR) is 97.3 cm³/mol. The summed E-state index contributed by atoms with van der Waals surface area (Å²) in [6.45, 7) is 0. The molecule has 3 atom stereocenters. The summed E-state index contributed by atoms with van der Waals surface area (Å²) in [7, 11) is 0. The molecule has 2 aromatic carbocycles. The van der Waals surface area contributed by atoms with E-state index < -0.39 is 17.5 Å². The van der Waals surface area contributed by atoms with E-state index in [1.54, 1.807) is 18.2 Å². The molecule has 2 N–H and O–H groups in total. The molecule has 7 rings (SSSR count). The quantitative estimate of drug-likeness (QED) is 0.635. The molecule has 7 heteroatoms. The number of benzene rings is 2. The van der Waals surface area contributed by atoms with Crippen LogP contribution in [0.1, 0.15) is 29.9 Å². The van der Waals surface area contributed by atoms with Gasteiger partial charge in [0.2, 0.25) is 11.8 Å². The molecule has 1 aromatic heterocycles. The van der Waals surface area contributed by atoms with E-state index in [2.05, 4.69) is 15.6 Å². The van der Waals surface area contributed by atoms with Crippen LogP contribution in [0.4, 0.5) is 5.69 Å². The predicted octanol–water partition coefficient (Wildman–Crippen LogP) is 1.40. The summed E-state index contributed by atoms with van der Waals surface area (Å²) in [4.78, 5) is 43.5.